The first-order chi connectivity index (χ1) is 13.7. The third kappa shape index (κ3) is 4.03. The largest absolute Gasteiger partial charge is 0.302 e. The van der Waals surface area contributed by atoms with Gasteiger partial charge < -0.3 is 4.57 Å². The van der Waals surface area contributed by atoms with E-state index in [1.54, 1.807) is 37.3 Å². The molecule has 3 rings (SSSR count). The summed E-state index contributed by atoms with van der Waals surface area (Å²) in [7, 11) is -4.39. The van der Waals surface area contributed by atoms with E-state index in [9.17, 15) is 14.2 Å². The maximum atomic E-state index is 14.2. The molecule has 1 atom stereocenters. The molecule has 3 aromatic carbocycles. The highest BCUT2D eigenvalue weighted by Crippen LogP contribution is 2.54. The number of hydrogen-bond acceptors (Lipinski definition) is 3. The van der Waals surface area contributed by atoms with Crippen molar-refractivity contribution in [3.8, 4) is 0 Å². The number of carbonyl (C=O) groups excluding carboxylic acids is 2. The van der Waals surface area contributed by atoms with E-state index in [2.05, 4.69) is 0 Å². The fourth-order valence-electron chi connectivity index (χ4n) is 2.93. The average Bonchev–Trinajstić information content (AvgIpc) is 2.66. The summed E-state index contributed by atoms with van der Waals surface area (Å²) in [5.74, 6) is 0. The van der Waals surface area contributed by atoms with E-state index < -0.39 is 18.2 Å². The zero-order valence-corrected chi connectivity index (χ0v) is 18.9. The van der Waals surface area contributed by atoms with Gasteiger partial charge in [0.2, 0.25) is 18.2 Å². The Balaban J connectivity index is 2.31. The molecule has 0 spiro atoms. The number of halogens is 4. The van der Waals surface area contributed by atoms with E-state index in [0.717, 1.165) is 0 Å². The Kier molecular flexibility index (Phi) is 6.57. The monoisotopic (exact) mass is 484 g/mol. The molecule has 0 aromatic heterocycles. The van der Waals surface area contributed by atoms with Gasteiger partial charge in [0.05, 0.1) is 20.6 Å². The molecule has 0 saturated carbocycles. The molecule has 0 saturated heterocycles. The van der Waals surface area contributed by atoms with Gasteiger partial charge >= 0.3 is 0 Å². The molecule has 0 amide bonds. The highest BCUT2D eigenvalue weighted by atomic mass is 35.5. The summed E-state index contributed by atoms with van der Waals surface area (Å²) >= 11 is 24.5. The molecular weight excluding hydrogens is 473 g/mol. The predicted molar refractivity (Wildman–Crippen MR) is 120 cm³/mol. The predicted octanol–water partition coefficient (Wildman–Crippen LogP) is 7.28. The van der Waals surface area contributed by atoms with Gasteiger partial charge in [-0.2, -0.15) is 0 Å². The van der Waals surface area contributed by atoms with E-state index in [4.69, 9.17) is 46.4 Å². The lowest BCUT2D eigenvalue weighted by Crippen LogP contribution is -2.21. The normalized spacial score (nSPS) is 13.0. The summed E-state index contributed by atoms with van der Waals surface area (Å²) in [4.78, 5) is 27.1. The molecule has 0 heterocycles. The van der Waals surface area contributed by atoms with Gasteiger partial charge in [0.1, 0.15) is 0 Å². The van der Waals surface area contributed by atoms with Crippen LogP contribution in [-0.2, 0) is 4.57 Å². The minimum Gasteiger partial charge on any atom is -0.302 e. The van der Waals surface area contributed by atoms with Crippen LogP contribution in [0.15, 0.2) is 60.7 Å². The lowest BCUT2D eigenvalue weighted by Gasteiger charge is -2.19. The Morgan fingerprint density at radius 1 is 0.724 bits per heavy atom. The molecule has 29 heavy (non-hydrogen) atoms. The molecule has 0 radical (unpaired) electrons. The first kappa shape index (κ1) is 22.1. The van der Waals surface area contributed by atoms with Crippen molar-refractivity contribution in [2.45, 2.75) is 6.92 Å². The van der Waals surface area contributed by atoms with E-state index in [-0.39, 0.29) is 36.5 Å². The van der Waals surface area contributed by atoms with Crippen LogP contribution in [-0.4, -0.2) is 11.0 Å². The Hall–Kier alpha value is -1.61. The van der Waals surface area contributed by atoms with Gasteiger partial charge in [-0.1, -0.05) is 88.9 Å². The van der Waals surface area contributed by atoms with Crippen molar-refractivity contribution in [1.29, 1.82) is 0 Å². The van der Waals surface area contributed by atoms with Crippen LogP contribution in [0.4, 0.5) is 0 Å². The number of benzene rings is 3. The molecule has 0 fully saturated rings. The maximum Gasteiger partial charge on any atom is 0.248 e. The Morgan fingerprint density at radius 2 is 1.28 bits per heavy atom. The smallest absolute Gasteiger partial charge is 0.248 e. The minimum atomic E-state index is -4.39. The third-order valence-electron chi connectivity index (χ3n) is 4.35. The third-order valence-corrected chi connectivity index (χ3v) is 8.09. The van der Waals surface area contributed by atoms with Crippen molar-refractivity contribution in [2.75, 3.05) is 0 Å². The van der Waals surface area contributed by atoms with Gasteiger partial charge in [0, 0.05) is 15.9 Å². The van der Waals surface area contributed by atoms with Crippen molar-refractivity contribution >= 4 is 69.9 Å². The van der Waals surface area contributed by atoms with E-state index in [1.165, 1.54) is 30.3 Å². The van der Waals surface area contributed by atoms with Crippen molar-refractivity contribution in [2.24, 2.45) is 0 Å². The van der Waals surface area contributed by atoms with Crippen LogP contribution in [0.1, 0.15) is 26.3 Å². The van der Waals surface area contributed by atoms with Crippen LogP contribution in [0, 0.1) is 6.92 Å². The van der Waals surface area contributed by atoms with Gasteiger partial charge in [-0.25, -0.2) is 0 Å². The fourth-order valence-corrected chi connectivity index (χ4v) is 6.84. The molecule has 0 aliphatic rings. The molecule has 1 unspecified atom stereocenters. The topological polar surface area (TPSA) is 51.2 Å². The quantitative estimate of drug-likeness (QED) is 0.357. The van der Waals surface area contributed by atoms with Crippen molar-refractivity contribution in [3.05, 3.63) is 97.4 Å². The second-order valence-electron chi connectivity index (χ2n) is 6.23. The lowest BCUT2D eigenvalue weighted by atomic mass is 10.1. The van der Waals surface area contributed by atoms with Crippen LogP contribution in [0.3, 0.4) is 0 Å². The summed E-state index contributed by atoms with van der Waals surface area (Å²) in [5.41, 5.74) is -1.54. The van der Waals surface area contributed by atoms with E-state index in [1.807, 2.05) is 0 Å². The highest BCUT2D eigenvalue weighted by Gasteiger charge is 2.45. The van der Waals surface area contributed by atoms with Crippen molar-refractivity contribution < 1.29 is 14.2 Å². The Labute approximate surface area is 187 Å². The number of carbonyl (C=O) groups is 2. The van der Waals surface area contributed by atoms with Crippen molar-refractivity contribution in [1.82, 2.24) is 0 Å². The molecule has 3 nitrogen and oxygen atoms in total. The SMILES string of the molecule is Cc1cccc(Cl)c1C(=O)P(=O)(C(=O)c1c(Cl)cc(Cl)cc1Cl)c1ccccc1. The fraction of sp³-hybridized carbons (Fsp3) is 0.0476. The second-order valence-corrected chi connectivity index (χ2v) is 10.4. The van der Waals surface area contributed by atoms with Crippen LogP contribution >= 0.6 is 53.5 Å². The summed E-state index contributed by atoms with van der Waals surface area (Å²) in [6.07, 6.45) is 0. The Morgan fingerprint density at radius 3 is 1.83 bits per heavy atom. The van der Waals surface area contributed by atoms with E-state index in [0.29, 0.717) is 5.56 Å². The zero-order valence-electron chi connectivity index (χ0n) is 15.0. The zero-order chi connectivity index (χ0) is 21.3. The molecule has 148 valence electrons. The van der Waals surface area contributed by atoms with Crippen LogP contribution < -0.4 is 5.30 Å². The number of aryl methyl sites for hydroxylation is 1. The first-order valence-corrected chi connectivity index (χ1v) is 11.5. The van der Waals surface area contributed by atoms with Gasteiger partial charge in [-0.3, -0.25) is 9.59 Å². The second kappa shape index (κ2) is 8.63. The van der Waals surface area contributed by atoms with Crippen LogP contribution in [0.2, 0.25) is 20.1 Å². The summed E-state index contributed by atoms with van der Waals surface area (Å²) in [5, 5.41) is 0.197. The van der Waals surface area contributed by atoms with Gasteiger partial charge in [0.15, 0.2) is 0 Å². The molecule has 0 bridgehead atoms. The first-order valence-electron chi connectivity index (χ1n) is 8.33. The molecule has 0 aliphatic heterocycles. The van der Waals surface area contributed by atoms with Crippen LogP contribution in [0.5, 0.6) is 0 Å². The molecule has 8 heteroatoms. The number of hydrogen-bond donors (Lipinski definition) is 0. The average molecular weight is 486 g/mol. The molecule has 0 N–H and O–H groups in total. The van der Waals surface area contributed by atoms with E-state index >= 15 is 0 Å². The molecule has 0 aliphatic carbocycles. The lowest BCUT2D eigenvalue weighted by molar-refractivity contribution is 0.104. The van der Waals surface area contributed by atoms with Crippen molar-refractivity contribution in [3.63, 3.8) is 0 Å². The minimum absolute atomic E-state index is 0.0240. The van der Waals surface area contributed by atoms with Gasteiger partial charge in [0.25, 0.3) is 0 Å². The van der Waals surface area contributed by atoms with Crippen LogP contribution in [0.25, 0.3) is 0 Å². The number of rotatable bonds is 5. The van der Waals surface area contributed by atoms with Gasteiger partial charge in [-0.15, -0.1) is 0 Å². The van der Waals surface area contributed by atoms with Gasteiger partial charge in [-0.05, 0) is 30.7 Å². The summed E-state index contributed by atoms with van der Waals surface area (Å²) in [6, 6.07) is 15.2. The Bertz CT molecular complexity index is 1130. The highest BCUT2D eigenvalue weighted by molar-refractivity contribution is 8.01. The standard InChI is InChI=1S/C21H13Cl4O3P/c1-12-6-5-9-15(23)18(12)20(26)29(28,14-7-3-2-4-8-14)21(27)19-16(24)10-13(22)11-17(19)25/h2-11H,1H3. The molecular formula is C21H13Cl4O3P. The molecule has 3 aromatic rings. The summed E-state index contributed by atoms with van der Waals surface area (Å²) < 4.78 is 14.2. The maximum absolute atomic E-state index is 14.2. The summed E-state index contributed by atoms with van der Waals surface area (Å²) in [6.45, 7) is 1.65.